The molecular weight excluding hydrogens is 338 g/mol. The molecule has 0 aliphatic rings. The molecule has 0 fully saturated rings. The fraction of sp³-hybridized carbons (Fsp3) is 0.895. The van der Waals surface area contributed by atoms with Crippen LogP contribution in [-0.2, 0) is 14.3 Å². The fourth-order valence-corrected chi connectivity index (χ4v) is 2.84. The fourth-order valence-electron chi connectivity index (χ4n) is 2.84. The lowest BCUT2D eigenvalue weighted by Gasteiger charge is -2.28. The number of ether oxygens (including phenoxy) is 1. The molecule has 0 radical (unpaired) electrons. The van der Waals surface area contributed by atoms with E-state index in [1.807, 2.05) is 21.1 Å². The van der Waals surface area contributed by atoms with E-state index in [4.69, 9.17) is 9.84 Å². The zero-order valence-electron chi connectivity index (χ0n) is 16.8. The van der Waals surface area contributed by atoms with Crippen molar-refractivity contribution in [3.05, 3.63) is 0 Å². The maximum absolute atomic E-state index is 12.0. The standard InChI is InChI=1S/C19H37NO6/c1-5-6-7-9-15(21)10-8-11-16(22)12-19(25)26-17(13-18(23)24)14-20(2,3)4/h15-17,21-22H,5-14H2,1-4H3/p+1. The average Bonchev–Trinajstić information content (AvgIpc) is 2.44. The summed E-state index contributed by atoms with van der Waals surface area (Å²) in [6.45, 7) is 2.50. The van der Waals surface area contributed by atoms with Gasteiger partial charge in [-0.25, -0.2) is 0 Å². The number of quaternary nitrogens is 1. The van der Waals surface area contributed by atoms with Gasteiger partial charge in [0.25, 0.3) is 0 Å². The summed E-state index contributed by atoms with van der Waals surface area (Å²) in [6.07, 6.45) is 3.36. The summed E-state index contributed by atoms with van der Waals surface area (Å²) in [5, 5.41) is 28.8. The van der Waals surface area contributed by atoms with Crippen LogP contribution in [0.2, 0.25) is 0 Å². The molecule has 3 atom stereocenters. The topological polar surface area (TPSA) is 104 Å². The van der Waals surface area contributed by atoms with Gasteiger partial charge in [0.15, 0.2) is 6.10 Å². The van der Waals surface area contributed by atoms with Gasteiger partial charge in [-0.3, -0.25) is 9.59 Å². The van der Waals surface area contributed by atoms with E-state index >= 15 is 0 Å². The van der Waals surface area contributed by atoms with Gasteiger partial charge in [0.1, 0.15) is 6.54 Å². The first-order chi connectivity index (χ1) is 12.0. The van der Waals surface area contributed by atoms with Crippen molar-refractivity contribution < 1.29 is 34.1 Å². The number of carbonyl (C=O) groups is 2. The van der Waals surface area contributed by atoms with Gasteiger partial charge in [0.2, 0.25) is 0 Å². The Morgan fingerprint density at radius 2 is 1.50 bits per heavy atom. The zero-order chi connectivity index (χ0) is 20.2. The van der Waals surface area contributed by atoms with E-state index in [-0.39, 0.29) is 18.9 Å². The van der Waals surface area contributed by atoms with E-state index in [2.05, 4.69) is 6.92 Å². The van der Waals surface area contributed by atoms with E-state index in [0.717, 1.165) is 25.7 Å². The first kappa shape index (κ1) is 24.8. The molecule has 0 saturated heterocycles. The molecule has 0 aromatic heterocycles. The number of carboxylic acids is 1. The Morgan fingerprint density at radius 1 is 0.923 bits per heavy atom. The van der Waals surface area contributed by atoms with Crippen molar-refractivity contribution in [1.82, 2.24) is 0 Å². The summed E-state index contributed by atoms with van der Waals surface area (Å²) >= 11 is 0. The van der Waals surface area contributed by atoms with Crippen molar-refractivity contribution in [3.8, 4) is 0 Å². The maximum Gasteiger partial charge on any atom is 0.308 e. The smallest absolute Gasteiger partial charge is 0.308 e. The highest BCUT2D eigenvalue weighted by atomic mass is 16.5. The lowest BCUT2D eigenvalue weighted by molar-refractivity contribution is -0.873. The number of nitrogens with zero attached hydrogens (tertiary/aromatic N) is 1. The molecule has 154 valence electrons. The molecule has 0 amide bonds. The van der Waals surface area contributed by atoms with Crippen LogP contribution in [0.25, 0.3) is 0 Å². The average molecular weight is 377 g/mol. The molecule has 0 spiro atoms. The molecule has 0 saturated carbocycles. The molecule has 0 bridgehead atoms. The van der Waals surface area contributed by atoms with E-state index in [9.17, 15) is 19.8 Å². The minimum absolute atomic E-state index is 0.154. The van der Waals surface area contributed by atoms with Gasteiger partial charge in [-0.2, -0.15) is 0 Å². The third-order valence-electron chi connectivity index (χ3n) is 4.07. The number of aliphatic hydroxyl groups excluding tert-OH is 2. The van der Waals surface area contributed by atoms with Crippen LogP contribution in [-0.4, -0.2) is 77.7 Å². The second kappa shape index (κ2) is 13.1. The Kier molecular flexibility index (Phi) is 12.5. The van der Waals surface area contributed by atoms with Gasteiger partial charge in [0, 0.05) is 0 Å². The zero-order valence-corrected chi connectivity index (χ0v) is 16.8. The summed E-state index contributed by atoms with van der Waals surface area (Å²) in [6, 6.07) is 0. The quantitative estimate of drug-likeness (QED) is 0.229. The van der Waals surface area contributed by atoms with Crippen molar-refractivity contribution in [2.24, 2.45) is 0 Å². The number of likely N-dealkylation sites (N-methyl/N-ethyl adjacent to an activating group) is 1. The summed E-state index contributed by atoms with van der Waals surface area (Å²) in [7, 11) is 5.68. The normalized spacial score (nSPS) is 15.3. The monoisotopic (exact) mass is 376 g/mol. The molecule has 3 N–H and O–H groups in total. The summed E-state index contributed by atoms with van der Waals surface area (Å²) in [5.41, 5.74) is 0. The minimum atomic E-state index is -1.02. The number of rotatable bonds is 15. The van der Waals surface area contributed by atoms with Crippen LogP contribution in [0, 0.1) is 0 Å². The lowest BCUT2D eigenvalue weighted by Crippen LogP contribution is -2.44. The van der Waals surface area contributed by atoms with Crippen LogP contribution < -0.4 is 0 Å². The number of hydrogen-bond acceptors (Lipinski definition) is 5. The Labute approximate surface area is 157 Å². The molecule has 7 heteroatoms. The van der Waals surface area contributed by atoms with Crippen molar-refractivity contribution in [2.45, 2.75) is 83.0 Å². The third-order valence-corrected chi connectivity index (χ3v) is 4.07. The predicted octanol–water partition coefficient (Wildman–Crippen LogP) is 1.94. The highest BCUT2D eigenvalue weighted by Gasteiger charge is 2.25. The summed E-state index contributed by atoms with van der Waals surface area (Å²) < 4.78 is 5.73. The lowest BCUT2D eigenvalue weighted by atomic mass is 10.0. The second-order valence-corrected chi connectivity index (χ2v) is 8.12. The van der Waals surface area contributed by atoms with Crippen molar-refractivity contribution in [2.75, 3.05) is 27.7 Å². The molecule has 7 nitrogen and oxygen atoms in total. The Balaban J connectivity index is 4.16. The number of unbranched alkanes of at least 4 members (excludes halogenated alkanes) is 2. The summed E-state index contributed by atoms with van der Waals surface area (Å²) in [4.78, 5) is 22.9. The second-order valence-electron chi connectivity index (χ2n) is 8.12. The molecule has 0 aromatic carbocycles. The minimum Gasteiger partial charge on any atom is -0.481 e. The number of esters is 1. The predicted molar refractivity (Wildman–Crippen MR) is 99.7 cm³/mol. The van der Waals surface area contributed by atoms with Crippen molar-refractivity contribution in [3.63, 3.8) is 0 Å². The van der Waals surface area contributed by atoms with Crippen molar-refractivity contribution >= 4 is 11.9 Å². The third kappa shape index (κ3) is 15.1. The van der Waals surface area contributed by atoms with Crippen LogP contribution in [0.4, 0.5) is 0 Å². The molecule has 0 rings (SSSR count). The molecular formula is C19H38NO6+. The SMILES string of the molecule is CCCCCC(O)CCCC(O)CC(=O)OC(CC(=O)O)C[N+](C)(C)C. The van der Waals surface area contributed by atoms with Gasteiger partial charge >= 0.3 is 11.9 Å². The van der Waals surface area contributed by atoms with Gasteiger partial charge < -0.3 is 24.5 Å². The van der Waals surface area contributed by atoms with Crippen LogP contribution >= 0.6 is 0 Å². The molecule has 0 aromatic rings. The number of aliphatic carboxylic acids is 1. The Bertz CT molecular complexity index is 407. The number of hydrogen-bond donors (Lipinski definition) is 3. The first-order valence-electron chi connectivity index (χ1n) is 9.61. The number of carboxylic acid groups (broad SMARTS) is 1. The first-order valence-corrected chi connectivity index (χ1v) is 9.61. The van der Waals surface area contributed by atoms with Crippen LogP contribution in [0.15, 0.2) is 0 Å². The molecule has 26 heavy (non-hydrogen) atoms. The number of carbonyl (C=O) groups excluding carboxylic acids is 1. The largest absolute Gasteiger partial charge is 0.481 e. The van der Waals surface area contributed by atoms with E-state index < -0.39 is 24.1 Å². The molecule has 0 aliphatic carbocycles. The Morgan fingerprint density at radius 3 is 2.04 bits per heavy atom. The van der Waals surface area contributed by atoms with E-state index in [1.54, 1.807) is 0 Å². The molecule has 0 aliphatic heterocycles. The van der Waals surface area contributed by atoms with Gasteiger partial charge in [0.05, 0.1) is 46.2 Å². The highest BCUT2D eigenvalue weighted by Crippen LogP contribution is 2.13. The highest BCUT2D eigenvalue weighted by molar-refractivity contribution is 5.71. The van der Waals surface area contributed by atoms with E-state index in [1.165, 1.54) is 0 Å². The maximum atomic E-state index is 12.0. The van der Waals surface area contributed by atoms with Crippen LogP contribution in [0.5, 0.6) is 0 Å². The van der Waals surface area contributed by atoms with Crippen molar-refractivity contribution in [1.29, 1.82) is 0 Å². The van der Waals surface area contributed by atoms with Crippen LogP contribution in [0.3, 0.4) is 0 Å². The van der Waals surface area contributed by atoms with E-state index in [0.29, 0.717) is 30.3 Å². The van der Waals surface area contributed by atoms with Gasteiger partial charge in [-0.15, -0.1) is 0 Å². The molecule has 3 unspecified atom stereocenters. The van der Waals surface area contributed by atoms with Gasteiger partial charge in [-0.05, 0) is 25.7 Å². The van der Waals surface area contributed by atoms with Gasteiger partial charge in [-0.1, -0.05) is 26.2 Å². The summed E-state index contributed by atoms with van der Waals surface area (Å²) in [5.74, 6) is -1.60. The Hall–Kier alpha value is -1.18. The van der Waals surface area contributed by atoms with Crippen LogP contribution in [0.1, 0.15) is 64.7 Å². The molecule has 0 heterocycles. The number of aliphatic hydroxyl groups is 2.